The summed E-state index contributed by atoms with van der Waals surface area (Å²) in [7, 11) is 0. The molecule has 22 heavy (non-hydrogen) atoms. The van der Waals surface area contributed by atoms with Gasteiger partial charge in [0, 0.05) is 31.7 Å². The molecule has 3 rings (SSSR count). The van der Waals surface area contributed by atoms with Crippen LogP contribution in [0.1, 0.15) is 24.6 Å². The summed E-state index contributed by atoms with van der Waals surface area (Å²) in [5, 5.41) is 0.483. The third-order valence-corrected chi connectivity index (χ3v) is 5.76. The number of ether oxygens (including phenoxy) is 1. The van der Waals surface area contributed by atoms with Gasteiger partial charge in [0.05, 0.1) is 19.4 Å². The van der Waals surface area contributed by atoms with Crippen LogP contribution in [0.3, 0.4) is 0 Å². The van der Waals surface area contributed by atoms with Gasteiger partial charge in [0.1, 0.15) is 4.88 Å². The second kappa shape index (κ2) is 5.98. The van der Waals surface area contributed by atoms with E-state index < -0.39 is 11.1 Å². The van der Waals surface area contributed by atoms with Crippen molar-refractivity contribution in [1.82, 2.24) is 9.88 Å². The highest BCUT2D eigenvalue weighted by Crippen LogP contribution is 2.38. The number of thiazole rings is 1. The van der Waals surface area contributed by atoms with E-state index >= 15 is 0 Å². The number of hydrogen-bond donors (Lipinski definition) is 0. The Kier molecular flexibility index (Phi) is 4.35. The highest BCUT2D eigenvalue weighted by atomic mass is 32.1. The van der Waals surface area contributed by atoms with Crippen LogP contribution in [0.15, 0.2) is 6.20 Å². The van der Waals surface area contributed by atoms with Crippen LogP contribution in [0, 0.1) is 0 Å². The fourth-order valence-electron chi connectivity index (χ4n) is 3.14. The second-order valence-corrected chi connectivity index (χ2v) is 7.10. The molecule has 0 saturated carbocycles. The average Bonchev–Trinajstić information content (AvgIpc) is 2.99. The highest BCUT2D eigenvalue weighted by Gasteiger charge is 2.38. The first kappa shape index (κ1) is 16.0. The second-order valence-electron chi connectivity index (χ2n) is 6.09. The lowest BCUT2D eigenvalue weighted by Crippen LogP contribution is -2.56. The van der Waals surface area contributed by atoms with E-state index in [-0.39, 0.29) is 5.54 Å². The van der Waals surface area contributed by atoms with Crippen LogP contribution in [-0.2, 0) is 10.9 Å². The molecular formula is C14H20F3N3OS. The summed E-state index contributed by atoms with van der Waals surface area (Å²) in [4.78, 5) is 7.77. The number of halogens is 3. The molecule has 1 aromatic rings. The molecule has 0 bridgehead atoms. The van der Waals surface area contributed by atoms with Crippen molar-refractivity contribution < 1.29 is 17.9 Å². The third-order valence-electron chi connectivity index (χ3n) is 4.66. The fraction of sp³-hybridized carbons (Fsp3) is 0.786. The predicted octanol–water partition coefficient (Wildman–Crippen LogP) is 2.85. The van der Waals surface area contributed by atoms with Gasteiger partial charge in [0.25, 0.3) is 0 Å². The van der Waals surface area contributed by atoms with E-state index in [0.717, 1.165) is 69.8 Å². The van der Waals surface area contributed by atoms with Crippen molar-refractivity contribution in [3.63, 3.8) is 0 Å². The minimum atomic E-state index is -4.30. The highest BCUT2D eigenvalue weighted by molar-refractivity contribution is 7.15. The molecule has 0 aliphatic carbocycles. The van der Waals surface area contributed by atoms with E-state index in [2.05, 4.69) is 16.8 Å². The van der Waals surface area contributed by atoms with Gasteiger partial charge in [-0.05, 0) is 19.8 Å². The maximum absolute atomic E-state index is 12.7. The third kappa shape index (κ3) is 3.23. The Morgan fingerprint density at radius 1 is 1.18 bits per heavy atom. The number of hydrogen-bond acceptors (Lipinski definition) is 5. The minimum absolute atomic E-state index is 0.115. The molecule has 0 radical (unpaired) electrons. The van der Waals surface area contributed by atoms with Crippen LogP contribution >= 0.6 is 11.3 Å². The van der Waals surface area contributed by atoms with Gasteiger partial charge >= 0.3 is 6.18 Å². The Hall–Kier alpha value is -0.860. The summed E-state index contributed by atoms with van der Waals surface area (Å²) in [5.41, 5.74) is 0.115. The number of alkyl halides is 3. The van der Waals surface area contributed by atoms with Gasteiger partial charge in [0.2, 0.25) is 0 Å². The Morgan fingerprint density at radius 2 is 1.82 bits per heavy atom. The molecule has 0 amide bonds. The molecule has 0 aromatic carbocycles. The van der Waals surface area contributed by atoms with Gasteiger partial charge in [-0.1, -0.05) is 11.3 Å². The molecular weight excluding hydrogens is 315 g/mol. The standard InChI is InChI=1S/C14H20F3N3OS/c1-13(20-6-8-21-9-7-20)2-4-19(5-3-13)12-18-10-11(22-12)14(15,16)17/h10H,2-9H2,1H3. The molecule has 0 atom stereocenters. The Morgan fingerprint density at radius 3 is 2.36 bits per heavy atom. The molecule has 1 aromatic heterocycles. The van der Waals surface area contributed by atoms with Gasteiger partial charge < -0.3 is 9.64 Å². The topological polar surface area (TPSA) is 28.6 Å². The van der Waals surface area contributed by atoms with E-state index in [1.165, 1.54) is 0 Å². The summed E-state index contributed by atoms with van der Waals surface area (Å²) in [6, 6.07) is 0. The zero-order valence-electron chi connectivity index (χ0n) is 12.5. The van der Waals surface area contributed by atoms with E-state index in [4.69, 9.17) is 4.74 Å². The molecule has 8 heteroatoms. The minimum Gasteiger partial charge on any atom is -0.379 e. The summed E-state index contributed by atoms with van der Waals surface area (Å²) < 4.78 is 43.4. The summed E-state index contributed by atoms with van der Waals surface area (Å²) in [5.74, 6) is 0. The summed E-state index contributed by atoms with van der Waals surface area (Å²) >= 11 is 0.738. The van der Waals surface area contributed by atoms with Crippen LogP contribution in [-0.4, -0.2) is 54.8 Å². The molecule has 3 heterocycles. The molecule has 0 N–H and O–H groups in total. The van der Waals surface area contributed by atoms with Gasteiger partial charge in [0.15, 0.2) is 5.13 Å². The van der Waals surface area contributed by atoms with E-state index in [0.29, 0.717) is 5.13 Å². The molecule has 2 saturated heterocycles. The Bertz CT molecular complexity index is 506. The first-order chi connectivity index (χ1) is 10.4. The van der Waals surface area contributed by atoms with Crippen LogP contribution in [0.5, 0.6) is 0 Å². The van der Waals surface area contributed by atoms with Crippen molar-refractivity contribution >= 4 is 16.5 Å². The predicted molar refractivity (Wildman–Crippen MR) is 79.4 cm³/mol. The average molecular weight is 335 g/mol. The molecule has 2 aliphatic rings. The number of anilines is 1. The summed E-state index contributed by atoms with van der Waals surface area (Å²) in [6.07, 6.45) is -1.48. The normalized spacial score (nSPS) is 23.7. The Balaban J connectivity index is 1.62. The molecule has 124 valence electrons. The van der Waals surface area contributed by atoms with Gasteiger partial charge in [-0.15, -0.1) is 0 Å². The quantitative estimate of drug-likeness (QED) is 0.831. The number of piperidine rings is 1. The SMILES string of the molecule is CC1(N2CCOCC2)CCN(c2ncc(C(F)(F)F)s2)CC1. The van der Waals surface area contributed by atoms with E-state index in [9.17, 15) is 13.2 Å². The molecule has 2 aliphatic heterocycles. The monoisotopic (exact) mass is 335 g/mol. The number of nitrogens with zero attached hydrogens (tertiary/aromatic N) is 3. The fourth-order valence-corrected chi connectivity index (χ4v) is 3.98. The van der Waals surface area contributed by atoms with Crippen molar-refractivity contribution in [2.24, 2.45) is 0 Å². The lowest BCUT2D eigenvalue weighted by atomic mass is 9.87. The molecule has 2 fully saturated rings. The van der Waals surface area contributed by atoms with E-state index in [1.807, 2.05) is 4.90 Å². The number of rotatable bonds is 2. The molecule has 0 unspecified atom stereocenters. The van der Waals surface area contributed by atoms with Crippen molar-refractivity contribution in [2.75, 3.05) is 44.3 Å². The van der Waals surface area contributed by atoms with Crippen molar-refractivity contribution in [1.29, 1.82) is 0 Å². The first-order valence-corrected chi connectivity index (χ1v) is 8.31. The zero-order chi connectivity index (χ0) is 15.8. The van der Waals surface area contributed by atoms with E-state index in [1.54, 1.807) is 0 Å². The lowest BCUT2D eigenvalue weighted by Gasteiger charge is -2.48. The van der Waals surface area contributed by atoms with Gasteiger partial charge in [-0.3, -0.25) is 4.90 Å². The van der Waals surface area contributed by atoms with Crippen LogP contribution in [0.4, 0.5) is 18.3 Å². The smallest absolute Gasteiger partial charge is 0.379 e. The number of morpholine rings is 1. The van der Waals surface area contributed by atoms with Crippen molar-refractivity contribution in [3.8, 4) is 0 Å². The van der Waals surface area contributed by atoms with Gasteiger partial charge in [-0.2, -0.15) is 13.2 Å². The number of aromatic nitrogens is 1. The molecule has 0 spiro atoms. The maximum atomic E-state index is 12.7. The first-order valence-electron chi connectivity index (χ1n) is 7.49. The van der Waals surface area contributed by atoms with Crippen LogP contribution in [0.25, 0.3) is 0 Å². The van der Waals surface area contributed by atoms with Crippen LogP contribution < -0.4 is 4.90 Å². The zero-order valence-corrected chi connectivity index (χ0v) is 13.3. The van der Waals surface area contributed by atoms with Crippen molar-refractivity contribution in [3.05, 3.63) is 11.1 Å². The van der Waals surface area contributed by atoms with Crippen molar-refractivity contribution in [2.45, 2.75) is 31.5 Å². The van der Waals surface area contributed by atoms with Gasteiger partial charge in [-0.25, -0.2) is 4.98 Å². The maximum Gasteiger partial charge on any atom is 0.427 e. The largest absolute Gasteiger partial charge is 0.427 e. The van der Waals surface area contributed by atoms with Crippen LogP contribution in [0.2, 0.25) is 0 Å². The molecule has 4 nitrogen and oxygen atoms in total. The lowest BCUT2D eigenvalue weighted by molar-refractivity contribution is -0.134. The Labute approximate surface area is 131 Å². The summed E-state index contributed by atoms with van der Waals surface area (Å²) in [6.45, 7) is 7.15.